The van der Waals surface area contributed by atoms with Crippen LogP contribution in [0.5, 0.6) is 0 Å². The fourth-order valence-electron chi connectivity index (χ4n) is 2.92. The number of nitrogens with one attached hydrogen (secondary N) is 1. The first-order valence-corrected chi connectivity index (χ1v) is 11.0. The highest BCUT2D eigenvalue weighted by molar-refractivity contribution is 7.92. The zero-order valence-electron chi connectivity index (χ0n) is 17.2. The van der Waals surface area contributed by atoms with E-state index in [4.69, 9.17) is 5.11 Å². The topological polar surface area (TPSA) is 116 Å². The number of nitrogens with zero attached hydrogens (tertiary/aromatic N) is 2. The Morgan fingerprint density at radius 3 is 2.22 bits per heavy atom. The van der Waals surface area contributed by atoms with E-state index >= 15 is 0 Å². The fourth-order valence-corrected chi connectivity index (χ4v) is 4.43. The van der Waals surface area contributed by atoms with Crippen LogP contribution < -0.4 is 9.73 Å². The first-order valence-electron chi connectivity index (χ1n) is 9.58. The summed E-state index contributed by atoms with van der Waals surface area (Å²) in [7, 11) is -4.00. The van der Waals surface area contributed by atoms with Crippen molar-refractivity contribution >= 4 is 33.8 Å². The molecule has 0 saturated carbocycles. The number of sulfonamides is 1. The van der Waals surface area contributed by atoms with Crippen molar-refractivity contribution in [1.82, 2.24) is 5.43 Å². The molecule has 8 nitrogen and oxygen atoms in total. The average molecular weight is 452 g/mol. The third-order valence-electron chi connectivity index (χ3n) is 4.56. The number of carboxylic acids is 1. The lowest BCUT2D eigenvalue weighted by molar-refractivity contribution is -0.119. The summed E-state index contributed by atoms with van der Waals surface area (Å²) in [5.74, 6) is -1.68. The van der Waals surface area contributed by atoms with E-state index in [1.807, 2.05) is 0 Å². The molecule has 0 heterocycles. The number of hydrogen-bond donors (Lipinski definition) is 2. The summed E-state index contributed by atoms with van der Waals surface area (Å²) >= 11 is 0. The monoisotopic (exact) mass is 451 g/mol. The average Bonchev–Trinajstić information content (AvgIpc) is 2.79. The van der Waals surface area contributed by atoms with Crippen molar-refractivity contribution in [2.45, 2.75) is 11.8 Å². The van der Waals surface area contributed by atoms with Crippen molar-refractivity contribution in [3.8, 4) is 0 Å². The summed E-state index contributed by atoms with van der Waals surface area (Å²) in [6.45, 7) is 1.29. The third kappa shape index (κ3) is 5.38. The van der Waals surface area contributed by atoms with Crippen LogP contribution in [0.15, 0.2) is 88.9 Å². The molecule has 3 aromatic carbocycles. The summed E-state index contributed by atoms with van der Waals surface area (Å²) in [6.07, 6.45) is 1.34. The Morgan fingerprint density at radius 1 is 0.969 bits per heavy atom. The van der Waals surface area contributed by atoms with E-state index in [9.17, 15) is 18.0 Å². The normalized spacial score (nSPS) is 11.3. The molecule has 0 atom stereocenters. The molecule has 0 fully saturated rings. The molecule has 32 heavy (non-hydrogen) atoms. The molecule has 9 heteroatoms. The van der Waals surface area contributed by atoms with Gasteiger partial charge in [0.2, 0.25) is 0 Å². The van der Waals surface area contributed by atoms with E-state index in [-0.39, 0.29) is 10.5 Å². The maximum absolute atomic E-state index is 13.3. The number of anilines is 1. The predicted octanol–water partition coefficient (Wildman–Crippen LogP) is 3.04. The first kappa shape index (κ1) is 22.7. The molecule has 3 aromatic rings. The summed E-state index contributed by atoms with van der Waals surface area (Å²) in [6, 6.07) is 20.7. The fraction of sp³-hybridized carbons (Fsp3) is 0.0870. The first-order chi connectivity index (χ1) is 15.3. The highest BCUT2D eigenvalue weighted by atomic mass is 32.2. The maximum atomic E-state index is 13.3. The summed E-state index contributed by atoms with van der Waals surface area (Å²) in [4.78, 5) is 23.5. The second-order valence-electron chi connectivity index (χ2n) is 6.83. The number of hydrazone groups is 1. The Balaban J connectivity index is 1.80. The number of amides is 1. The second-order valence-corrected chi connectivity index (χ2v) is 8.69. The van der Waals surface area contributed by atoms with Gasteiger partial charge in [0.15, 0.2) is 0 Å². The van der Waals surface area contributed by atoms with Gasteiger partial charge >= 0.3 is 5.97 Å². The quantitative estimate of drug-likeness (QED) is 0.403. The lowest BCUT2D eigenvalue weighted by atomic mass is 10.1. The number of hydrogen-bond acceptors (Lipinski definition) is 5. The van der Waals surface area contributed by atoms with E-state index in [1.54, 1.807) is 61.5 Å². The number of carbonyl (C=O) groups is 2. The highest BCUT2D eigenvalue weighted by Crippen LogP contribution is 2.26. The van der Waals surface area contributed by atoms with Crippen LogP contribution in [0.25, 0.3) is 0 Å². The van der Waals surface area contributed by atoms with Crippen LogP contribution in [0, 0.1) is 6.92 Å². The van der Waals surface area contributed by atoms with Crippen LogP contribution in [0.4, 0.5) is 5.69 Å². The molecule has 1 amide bonds. The number of carboxylic acid groups (broad SMARTS) is 1. The van der Waals surface area contributed by atoms with Crippen molar-refractivity contribution in [1.29, 1.82) is 0 Å². The molecule has 0 unspecified atom stereocenters. The van der Waals surface area contributed by atoms with Crippen LogP contribution >= 0.6 is 0 Å². The van der Waals surface area contributed by atoms with Crippen LogP contribution in [0.2, 0.25) is 0 Å². The minimum atomic E-state index is -4.00. The lowest BCUT2D eigenvalue weighted by Crippen LogP contribution is -2.40. The molecule has 0 saturated heterocycles. The molecule has 3 rings (SSSR count). The van der Waals surface area contributed by atoms with Gasteiger partial charge in [-0.25, -0.2) is 18.6 Å². The Kier molecular flexibility index (Phi) is 7.01. The zero-order chi connectivity index (χ0) is 23.1. The summed E-state index contributed by atoms with van der Waals surface area (Å²) < 4.78 is 27.6. The van der Waals surface area contributed by atoms with Crippen LogP contribution in [0.3, 0.4) is 0 Å². The van der Waals surface area contributed by atoms with Crippen LogP contribution in [-0.4, -0.2) is 38.2 Å². The van der Waals surface area contributed by atoms with Gasteiger partial charge in [0.25, 0.3) is 15.9 Å². The third-order valence-corrected chi connectivity index (χ3v) is 6.34. The SMILES string of the molecule is Cc1ccccc1N(CC(=O)N/N=C/c1ccc(C(=O)O)cc1)S(=O)(=O)c1ccccc1. The Hall–Kier alpha value is -3.98. The summed E-state index contributed by atoms with van der Waals surface area (Å²) in [5.41, 5.74) is 4.11. The molecule has 164 valence electrons. The van der Waals surface area contributed by atoms with E-state index in [2.05, 4.69) is 10.5 Å². The van der Waals surface area contributed by atoms with Crippen molar-refractivity contribution in [3.05, 3.63) is 95.6 Å². The molecule has 0 aromatic heterocycles. The largest absolute Gasteiger partial charge is 0.478 e. The predicted molar refractivity (Wildman–Crippen MR) is 121 cm³/mol. The molecular weight excluding hydrogens is 430 g/mol. The number of aryl methyl sites for hydroxylation is 1. The van der Waals surface area contributed by atoms with Gasteiger partial charge < -0.3 is 5.11 Å². The second kappa shape index (κ2) is 9.88. The van der Waals surface area contributed by atoms with E-state index in [0.717, 1.165) is 4.31 Å². The molecule has 0 aliphatic carbocycles. The van der Waals surface area contributed by atoms with Gasteiger partial charge in [-0.1, -0.05) is 48.5 Å². The number of aromatic carboxylic acids is 1. The minimum Gasteiger partial charge on any atom is -0.478 e. The van der Waals surface area contributed by atoms with E-state index < -0.39 is 28.4 Å². The minimum absolute atomic E-state index is 0.0677. The van der Waals surface area contributed by atoms with Gasteiger partial charge in [0.05, 0.1) is 22.4 Å². The number of carbonyl (C=O) groups excluding carboxylic acids is 1. The molecule has 0 radical (unpaired) electrons. The van der Waals surface area contributed by atoms with Crippen molar-refractivity contribution in [2.24, 2.45) is 5.10 Å². The lowest BCUT2D eigenvalue weighted by Gasteiger charge is -2.25. The zero-order valence-corrected chi connectivity index (χ0v) is 18.0. The standard InChI is InChI=1S/C23H21N3O5S/c1-17-7-5-6-10-21(17)26(32(30,31)20-8-3-2-4-9-20)16-22(27)25-24-15-18-11-13-19(14-12-18)23(28)29/h2-15H,16H2,1H3,(H,25,27)(H,28,29)/b24-15+. The number of rotatable bonds is 8. The van der Waals surface area contributed by atoms with Gasteiger partial charge in [0.1, 0.15) is 6.54 Å². The molecule has 0 aliphatic rings. The van der Waals surface area contributed by atoms with Gasteiger partial charge in [-0.2, -0.15) is 5.10 Å². The number of para-hydroxylation sites is 1. The summed E-state index contributed by atoms with van der Waals surface area (Å²) in [5, 5.41) is 12.8. The Labute approximate surface area is 185 Å². The van der Waals surface area contributed by atoms with E-state index in [1.165, 1.54) is 30.5 Å². The van der Waals surface area contributed by atoms with Gasteiger partial charge in [-0.3, -0.25) is 9.10 Å². The van der Waals surface area contributed by atoms with Gasteiger partial charge in [0, 0.05) is 0 Å². The van der Waals surface area contributed by atoms with Crippen molar-refractivity contribution in [3.63, 3.8) is 0 Å². The molecule has 0 aliphatic heterocycles. The Bertz CT molecular complexity index is 1240. The van der Waals surface area contributed by atoms with Gasteiger partial charge in [-0.05, 0) is 48.4 Å². The smallest absolute Gasteiger partial charge is 0.335 e. The molecule has 0 bridgehead atoms. The van der Waals surface area contributed by atoms with Crippen LogP contribution in [0.1, 0.15) is 21.5 Å². The van der Waals surface area contributed by atoms with E-state index in [0.29, 0.717) is 16.8 Å². The maximum Gasteiger partial charge on any atom is 0.335 e. The van der Waals surface area contributed by atoms with Gasteiger partial charge in [-0.15, -0.1) is 0 Å². The Morgan fingerprint density at radius 2 is 1.59 bits per heavy atom. The molecule has 2 N–H and O–H groups in total. The van der Waals surface area contributed by atoms with Crippen molar-refractivity contribution < 1.29 is 23.1 Å². The number of benzene rings is 3. The van der Waals surface area contributed by atoms with Crippen molar-refractivity contribution in [2.75, 3.05) is 10.8 Å². The molecule has 0 spiro atoms. The highest BCUT2D eigenvalue weighted by Gasteiger charge is 2.27. The van der Waals surface area contributed by atoms with Crippen LogP contribution in [-0.2, 0) is 14.8 Å². The molecular formula is C23H21N3O5S.